The molecule has 6 heteroatoms. The molecule has 0 aliphatic heterocycles. The Morgan fingerprint density at radius 2 is 1.31 bits per heavy atom. The van der Waals surface area contributed by atoms with Crippen molar-refractivity contribution in [1.29, 1.82) is 0 Å². The molecule has 0 saturated heterocycles. The van der Waals surface area contributed by atoms with E-state index in [1.54, 1.807) is 0 Å². The van der Waals surface area contributed by atoms with E-state index in [-0.39, 0.29) is 6.42 Å². The summed E-state index contributed by atoms with van der Waals surface area (Å²) in [6, 6.07) is 15.0. The lowest BCUT2D eigenvalue weighted by Gasteiger charge is -2.09. The Balaban J connectivity index is 1.41. The van der Waals surface area contributed by atoms with Crippen LogP contribution in [0.1, 0.15) is 12.0 Å². The van der Waals surface area contributed by atoms with Crippen LogP contribution in [0.25, 0.3) is 10.8 Å². The zero-order valence-corrected chi connectivity index (χ0v) is 15.3. The summed E-state index contributed by atoms with van der Waals surface area (Å²) in [6.45, 7) is 6.75. The molecule has 2 rings (SSSR count). The molecule has 142 valence electrons. The Labute approximate surface area is 155 Å². The van der Waals surface area contributed by atoms with Gasteiger partial charge in [-0.2, -0.15) is 0 Å². The number of hydrogen-bond acceptors (Lipinski definition) is 5. The Morgan fingerprint density at radius 1 is 0.731 bits per heavy atom. The minimum Gasteiger partial charge on any atom is -0.481 e. The maximum Gasteiger partial charge on any atom is 0.304 e. The van der Waals surface area contributed by atoms with E-state index in [0.29, 0.717) is 6.54 Å². The van der Waals surface area contributed by atoms with Crippen LogP contribution in [0.4, 0.5) is 0 Å². The molecular formula is C20H30N4O2. The molecule has 0 amide bonds. The highest BCUT2D eigenvalue weighted by atomic mass is 16.4. The smallest absolute Gasteiger partial charge is 0.304 e. The topological polar surface area (TPSA) is 85.4 Å². The third-order valence-electron chi connectivity index (χ3n) is 4.09. The number of carboxylic acids is 1. The second kappa shape index (κ2) is 12.4. The van der Waals surface area contributed by atoms with E-state index in [9.17, 15) is 4.79 Å². The standard InChI is InChI=1S/C20H30N4O2/c25-20(26)7-8-21-9-10-22-11-12-23-13-14-24-16-17-5-6-18-3-1-2-4-19(18)15-17/h1-6,15,21-24H,7-14,16H2,(H,25,26). The third-order valence-corrected chi connectivity index (χ3v) is 4.09. The number of rotatable bonds is 14. The predicted octanol–water partition coefficient (Wildman–Crippen LogP) is 1.17. The fraction of sp³-hybridized carbons (Fsp3) is 0.450. The van der Waals surface area contributed by atoms with Crippen molar-refractivity contribution in [2.24, 2.45) is 0 Å². The van der Waals surface area contributed by atoms with Gasteiger partial charge in [0.2, 0.25) is 0 Å². The van der Waals surface area contributed by atoms with Crippen molar-refractivity contribution in [2.75, 3.05) is 45.8 Å². The zero-order chi connectivity index (χ0) is 18.5. The largest absolute Gasteiger partial charge is 0.481 e. The number of hydrogen-bond donors (Lipinski definition) is 5. The molecule has 0 radical (unpaired) electrons. The summed E-state index contributed by atoms with van der Waals surface area (Å²) in [5.74, 6) is -0.760. The minimum absolute atomic E-state index is 0.174. The highest BCUT2D eigenvalue weighted by Gasteiger charge is 1.97. The van der Waals surface area contributed by atoms with E-state index < -0.39 is 5.97 Å². The quantitative estimate of drug-likeness (QED) is 0.326. The van der Waals surface area contributed by atoms with Gasteiger partial charge in [-0.15, -0.1) is 0 Å². The van der Waals surface area contributed by atoms with Crippen LogP contribution in [0.5, 0.6) is 0 Å². The van der Waals surface area contributed by atoms with Crippen LogP contribution in [-0.2, 0) is 11.3 Å². The molecule has 6 nitrogen and oxygen atoms in total. The van der Waals surface area contributed by atoms with Gasteiger partial charge in [-0.3, -0.25) is 4.79 Å². The van der Waals surface area contributed by atoms with Crippen LogP contribution in [0.2, 0.25) is 0 Å². The molecule has 0 atom stereocenters. The van der Waals surface area contributed by atoms with Crippen LogP contribution in [0.3, 0.4) is 0 Å². The monoisotopic (exact) mass is 358 g/mol. The number of aliphatic carboxylic acids is 1. The number of benzene rings is 2. The first-order valence-corrected chi connectivity index (χ1v) is 9.28. The molecule has 26 heavy (non-hydrogen) atoms. The Morgan fingerprint density at radius 3 is 1.96 bits per heavy atom. The number of carbonyl (C=O) groups is 1. The fourth-order valence-corrected chi connectivity index (χ4v) is 2.68. The van der Waals surface area contributed by atoms with Crippen LogP contribution < -0.4 is 21.3 Å². The normalized spacial score (nSPS) is 11.1. The summed E-state index contributed by atoms with van der Waals surface area (Å²) >= 11 is 0. The van der Waals surface area contributed by atoms with Gasteiger partial charge in [0, 0.05) is 52.4 Å². The van der Waals surface area contributed by atoms with Crippen molar-refractivity contribution in [3.8, 4) is 0 Å². The van der Waals surface area contributed by atoms with Crippen LogP contribution >= 0.6 is 0 Å². The summed E-state index contributed by atoms with van der Waals surface area (Å²) < 4.78 is 0. The second-order valence-electron chi connectivity index (χ2n) is 6.25. The molecule has 5 N–H and O–H groups in total. The minimum atomic E-state index is -0.760. The van der Waals surface area contributed by atoms with Gasteiger partial charge in [-0.05, 0) is 22.4 Å². The average molecular weight is 358 g/mol. The van der Waals surface area contributed by atoms with Gasteiger partial charge in [0.1, 0.15) is 0 Å². The lowest BCUT2D eigenvalue weighted by Crippen LogP contribution is -2.35. The fourth-order valence-electron chi connectivity index (χ4n) is 2.68. The van der Waals surface area contributed by atoms with E-state index in [4.69, 9.17) is 5.11 Å². The Kier molecular flexibility index (Phi) is 9.67. The SMILES string of the molecule is O=C(O)CCNCCNCCNCCNCc1ccc2ccccc2c1. The summed E-state index contributed by atoms with van der Waals surface area (Å²) in [6.07, 6.45) is 0.174. The van der Waals surface area contributed by atoms with Gasteiger partial charge in [-0.25, -0.2) is 0 Å². The first-order valence-electron chi connectivity index (χ1n) is 9.28. The van der Waals surface area contributed by atoms with Gasteiger partial charge in [-0.1, -0.05) is 36.4 Å². The van der Waals surface area contributed by atoms with Crippen LogP contribution in [-0.4, -0.2) is 56.9 Å². The molecule has 0 heterocycles. The molecule has 2 aromatic carbocycles. The molecule has 0 aliphatic rings. The molecular weight excluding hydrogens is 328 g/mol. The number of carboxylic acid groups (broad SMARTS) is 1. The van der Waals surface area contributed by atoms with Gasteiger partial charge in [0.25, 0.3) is 0 Å². The zero-order valence-electron chi connectivity index (χ0n) is 15.3. The van der Waals surface area contributed by atoms with Gasteiger partial charge in [0.05, 0.1) is 6.42 Å². The van der Waals surface area contributed by atoms with Crippen molar-refractivity contribution in [2.45, 2.75) is 13.0 Å². The summed E-state index contributed by atoms with van der Waals surface area (Å²) in [7, 11) is 0. The molecule has 0 bridgehead atoms. The van der Waals surface area contributed by atoms with E-state index in [1.165, 1.54) is 16.3 Å². The highest BCUT2D eigenvalue weighted by molar-refractivity contribution is 5.82. The van der Waals surface area contributed by atoms with E-state index in [1.807, 2.05) is 0 Å². The number of nitrogens with one attached hydrogen (secondary N) is 4. The molecule has 0 spiro atoms. The third kappa shape index (κ3) is 8.40. The lowest BCUT2D eigenvalue weighted by atomic mass is 10.1. The Hall–Kier alpha value is -1.99. The van der Waals surface area contributed by atoms with Crippen LogP contribution in [0, 0.1) is 0 Å². The molecule has 0 unspecified atom stereocenters. The molecule has 0 aliphatic carbocycles. The maximum absolute atomic E-state index is 10.3. The molecule has 2 aromatic rings. The van der Waals surface area contributed by atoms with Crippen molar-refractivity contribution < 1.29 is 9.90 Å². The summed E-state index contributed by atoms with van der Waals surface area (Å²) in [5.41, 5.74) is 1.31. The van der Waals surface area contributed by atoms with Crippen molar-refractivity contribution in [1.82, 2.24) is 21.3 Å². The van der Waals surface area contributed by atoms with Crippen molar-refractivity contribution in [3.05, 3.63) is 48.0 Å². The molecule has 0 saturated carbocycles. The van der Waals surface area contributed by atoms with E-state index >= 15 is 0 Å². The van der Waals surface area contributed by atoms with Crippen molar-refractivity contribution in [3.63, 3.8) is 0 Å². The predicted molar refractivity (Wildman–Crippen MR) is 107 cm³/mol. The van der Waals surface area contributed by atoms with Gasteiger partial charge in [0.15, 0.2) is 0 Å². The summed E-state index contributed by atoms with van der Waals surface area (Å²) in [4.78, 5) is 10.3. The first kappa shape index (κ1) is 20.3. The van der Waals surface area contributed by atoms with Crippen molar-refractivity contribution >= 4 is 16.7 Å². The molecule has 0 fully saturated rings. The first-order chi connectivity index (χ1) is 12.8. The summed E-state index contributed by atoms with van der Waals surface area (Å²) in [5, 5.41) is 24.3. The lowest BCUT2D eigenvalue weighted by molar-refractivity contribution is -0.136. The van der Waals surface area contributed by atoms with Gasteiger partial charge >= 0.3 is 5.97 Å². The Bertz CT molecular complexity index is 663. The van der Waals surface area contributed by atoms with Crippen LogP contribution in [0.15, 0.2) is 42.5 Å². The molecule has 0 aromatic heterocycles. The second-order valence-corrected chi connectivity index (χ2v) is 6.25. The maximum atomic E-state index is 10.3. The highest BCUT2D eigenvalue weighted by Crippen LogP contribution is 2.15. The van der Waals surface area contributed by atoms with Gasteiger partial charge < -0.3 is 26.4 Å². The average Bonchev–Trinajstić information content (AvgIpc) is 2.65. The van der Waals surface area contributed by atoms with E-state index in [2.05, 4.69) is 63.7 Å². The number of fused-ring (bicyclic) bond motifs is 1. The van der Waals surface area contributed by atoms with E-state index in [0.717, 1.165) is 45.8 Å².